The highest BCUT2D eigenvalue weighted by molar-refractivity contribution is 7.82. The highest BCUT2D eigenvalue weighted by atomic mass is 32.2. The smallest absolute Gasteiger partial charge is 0.310 e. The number of hydrogen-bond donors (Lipinski definition) is 1. The normalized spacial score (nSPS) is 19.4. The van der Waals surface area contributed by atoms with Crippen molar-refractivity contribution in [2.24, 2.45) is 0 Å². The minimum absolute atomic E-state index is 0.156. The Morgan fingerprint density at radius 2 is 1.84 bits per heavy atom. The van der Waals surface area contributed by atoms with Crippen molar-refractivity contribution in [1.29, 1.82) is 5.41 Å². The fraction of sp³-hybridized carbons (Fsp3) is 0.417. The van der Waals surface area contributed by atoms with Crippen LogP contribution in [-0.4, -0.2) is 27.3 Å². The van der Waals surface area contributed by atoms with E-state index in [0.29, 0.717) is 31.6 Å². The molecule has 0 spiro atoms. The van der Waals surface area contributed by atoms with Crippen LogP contribution in [-0.2, 0) is 17.2 Å². The monoisotopic (exact) mass is 290 g/mol. The van der Waals surface area contributed by atoms with Crippen molar-refractivity contribution in [3.63, 3.8) is 0 Å². The molecule has 1 saturated heterocycles. The molecule has 1 aliphatic rings. The Morgan fingerprint density at radius 3 is 2.42 bits per heavy atom. The van der Waals surface area contributed by atoms with Gasteiger partial charge in [-0.1, -0.05) is 6.07 Å². The fourth-order valence-electron chi connectivity index (χ4n) is 1.85. The Hall–Kier alpha value is -1.21. The van der Waals surface area contributed by atoms with Gasteiger partial charge in [0, 0.05) is 18.8 Å². The lowest BCUT2D eigenvalue weighted by molar-refractivity contribution is -0.137. The molecule has 0 radical (unpaired) electrons. The number of halogens is 3. The summed E-state index contributed by atoms with van der Waals surface area (Å²) in [6.45, 7) is 0.892. The number of hydrogen-bond acceptors (Lipinski definition) is 2. The summed E-state index contributed by atoms with van der Waals surface area (Å²) in [5, 5.41) is 7.47. The highest BCUT2D eigenvalue weighted by Gasteiger charge is 2.31. The molecule has 1 heterocycles. The number of rotatable bonds is 2. The molecule has 1 aliphatic heterocycles. The zero-order valence-corrected chi connectivity index (χ0v) is 10.9. The molecule has 1 aromatic rings. The molecule has 3 nitrogen and oxygen atoms in total. The van der Waals surface area contributed by atoms with Gasteiger partial charge >= 0.3 is 6.18 Å². The zero-order chi connectivity index (χ0) is 14.0. The van der Waals surface area contributed by atoms with Gasteiger partial charge in [-0.05, 0) is 31.0 Å². The molecule has 1 N–H and O–H groups in total. The summed E-state index contributed by atoms with van der Waals surface area (Å²) in [5.74, 6) is 0. The minimum atomic E-state index is -4.43. The van der Waals surface area contributed by atoms with E-state index in [1.165, 1.54) is 12.1 Å². The van der Waals surface area contributed by atoms with Gasteiger partial charge in [0.1, 0.15) is 11.0 Å². The van der Waals surface area contributed by atoms with E-state index in [1.54, 1.807) is 4.31 Å². The van der Waals surface area contributed by atoms with Crippen LogP contribution in [0.1, 0.15) is 18.4 Å². The molecule has 2 rings (SSSR count). The maximum Gasteiger partial charge on any atom is 0.416 e. The first-order valence-corrected chi connectivity index (χ1v) is 6.89. The molecular formula is C12H13F3N2OS. The highest BCUT2D eigenvalue weighted by Crippen LogP contribution is 2.30. The Kier molecular flexibility index (Phi) is 4.05. The molecule has 0 bridgehead atoms. The first-order valence-electron chi connectivity index (χ1n) is 5.78. The Labute approximate surface area is 111 Å². The lowest BCUT2D eigenvalue weighted by atomic mass is 10.1. The molecule has 0 saturated carbocycles. The molecular weight excluding hydrogens is 277 g/mol. The number of nitrogens with zero attached hydrogens (tertiary/aromatic N) is 1. The van der Waals surface area contributed by atoms with Gasteiger partial charge in [-0.25, -0.2) is 8.51 Å². The summed E-state index contributed by atoms with van der Waals surface area (Å²) >= 11 is 0. The molecule has 19 heavy (non-hydrogen) atoms. The van der Waals surface area contributed by atoms with Crippen LogP contribution in [0.4, 0.5) is 13.2 Å². The van der Waals surface area contributed by atoms with Crippen molar-refractivity contribution < 1.29 is 17.4 Å². The molecule has 1 aromatic carbocycles. The van der Waals surface area contributed by atoms with Crippen LogP contribution in [0.25, 0.3) is 0 Å². The number of nitrogens with one attached hydrogen (secondary N) is 1. The van der Waals surface area contributed by atoms with Crippen LogP contribution in [0.3, 0.4) is 0 Å². The van der Waals surface area contributed by atoms with Crippen LogP contribution in [0.2, 0.25) is 0 Å². The van der Waals surface area contributed by atoms with E-state index in [4.69, 9.17) is 5.41 Å². The van der Waals surface area contributed by atoms with Gasteiger partial charge in [-0.3, -0.25) is 0 Å². The first-order chi connectivity index (χ1) is 8.88. The maximum absolute atomic E-state index is 12.6. The van der Waals surface area contributed by atoms with Crippen LogP contribution < -0.4 is 0 Å². The SMILES string of the molecule is N=C1CCN(S(=O)c2cccc(C(F)(F)F)c2)CC1. The number of benzene rings is 1. The Morgan fingerprint density at radius 1 is 1.21 bits per heavy atom. The van der Waals surface area contributed by atoms with Gasteiger partial charge in [0.05, 0.1) is 10.5 Å². The molecule has 0 aliphatic carbocycles. The predicted octanol–water partition coefficient (Wildman–Crippen LogP) is 2.84. The van der Waals surface area contributed by atoms with Crippen LogP contribution in [0.5, 0.6) is 0 Å². The van der Waals surface area contributed by atoms with E-state index in [-0.39, 0.29) is 4.90 Å². The summed E-state index contributed by atoms with van der Waals surface area (Å²) in [7, 11) is -1.59. The van der Waals surface area contributed by atoms with Gasteiger partial charge in [-0.15, -0.1) is 0 Å². The van der Waals surface area contributed by atoms with Crippen LogP contribution in [0.15, 0.2) is 29.2 Å². The quantitative estimate of drug-likeness (QED) is 0.894. The molecule has 0 amide bonds. The van der Waals surface area contributed by atoms with E-state index < -0.39 is 22.7 Å². The lowest BCUT2D eigenvalue weighted by Gasteiger charge is -2.25. The van der Waals surface area contributed by atoms with Crippen molar-refractivity contribution in [3.8, 4) is 0 Å². The summed E-state index contributed by atoms with van der Waals surface area (Å²) in [4.78, 5) is 0.156. The minimum Gasteiger partial charge on any atom is -0.310 e. The fourth-order valence-corrected chi connectivity index (χ4v) is 3.09. The largest absolute Gasteiger partial charge is 0.416 e. The Balaban J connectivity index is 2.18. The molecule has 1 unspecified atom stereocenters. The van der Waals surface area contributed by atoms with Crippen molar-refractivity contribution in [2.45, 2.75) is 23.9 Å². The van der Waals surface area contributed by atoms with Crippen molar-refractivity contribution in [2.75, 3.05) is 13.1 Å². The number of alkyl halides is 3. The van der Waals surface area contributed by atoms with E-state index in [0.717, 1.165) is 12.1 Å². The van der Waals surface area contributed by atoms with Crippen LogP contribution in [0, 0.1) is 5.41 Å². The second-order valence-electron chi connectivity index (χ2n) is 4.31. The van der Waals surface area contributed by atoms with Crippen molar-refractivity contribution in [3.05, 3.63) is 29.8 Å². The summed E-state index contributed by atoms with van der Waals surface area (Å²) in [6, 6.07) is 4.59. The molecule has 0 aromatic heterocycles. The third-order valence-corrected chi connectivity index (χ3v) is 4.41. The molecule has 1 fully saturated rings. The van der Waals surface area contributed by atoms with E-state index in [9.17, 15) is 17.4 Å². The predicted molar refractivity (Wildman–Crippen MR) is 66.4 cm³/mol. The third kappa shape index (κ3) is 3.42. The average Bonchev–Trinajstić information content (AvgIpc) is 2.38. The Bertz CT molecular complexity index is 506. The number of piperidine rings is 1. The van der Waals surface area contributed by atoms with Gasteiger partial charge in [0.2, 0.25) is 0 Å². The van der Waals surface area contributed by atoms with E-state index in [1.807, 2.05) is 0 Å². The first kappa shape index (κ1) is 14.2. The third-order valence-electron chi connectivity index (χ3n) is 2.92. The second kappa shape index (κ2) is 5.42. The second-order valence-corrected chi connectivity index (χ2v) is 5.79. The molecule has 104 valence electrons. The summed E-state index contributed by atoms with van der Waals surface area (Å²) in [5.41, 5.74) is -0.194. The zero-order valence-electron chi connectivity index (χ0n) is 10.0. The maximum atomic E-state index is 12.6. The molecule has 7 heteroatoms. The van der Waals surface area contributed by atoms with Gasteiger partial charge in [-0.2, -0.15) is 13.2 Å². The standard InChI is InChI=1S/C12H13F3N2OS/c13-12(14,15)9-2-1-3-11(8-9)19(18)17-6-4-10(16)5-7-17/h1-3,8,16H,4-7H2. The van der Waals surface area contributed by atoms with E-state index in [2.05, 4.69) is 0 Å². The summed E-state index contributed by atoms with van der Waals surface area (Å²) < 4.78 is 51.5. The van der Waals surface area contributed by atoms with Crippen molar-refractivity contribution in [1.82, 2.24) is 4.31 Å². The van der Waals surface area contributed by atoms with Gasteiger partial charge in [0.25, 0.3) is 0 Å². The van der Waals surface area contributed by atoms with Gasteiger partial charge < -0.3 is 5.41 Å². The van der Waals surface area contributed by atoms with Crippen molar-refractivity contribution >= 4 is 16.7 Å². The topological polar surface area (TPSA) is 44.2 Å². The summed E-state index contributed by atoms with van der Waals surface area (Å²) in [6.07, 6.45) is -3.39. The van der Waals surface area contributed by atoms with Gasteiger partial charge in [0.15, 0.2) is 0 Å². The molecule has 1 atom stereocenters. The van der Waals surface area contributed by atoms with Crippen LogP contribution >= 0.6 is 0 Å². The average molecular weight is 290 g/mol. The lowest BCUT2D eigenvalue weighted by Crippen LogP contribution is -2.35. The van der Waals surface area contributed by atoms with E-state index >= 15 is 0 Å².